The van der Waals surface area contributed by atoms with E-state index < -0.39 is 16.9 Å². The summed E-state index contributed by atoms with van der Waals surface area (Å²) in [4.78, 5) is 0.290. The summed E-state index contributed by atoms with van der Waals surface area (Å²) in [5, 5.41) is -1.65. The number of hydrogen-bond acceptors (Lipinski definition) is 2. The molecule has 0 spiro atoms. The van der Waals surface area contributed by atoms with Crippen molar-refractivity contribution in [3.63, 3.8) is 0 Å². The zero-order valence-electron chi connectivity index (χ0n) is 9.05. The Morgan fingerprint density at radius 3 is 2.32 bits per heavy atom. The standard InChI is InChI=1S/C11H6F6S2/c12-10(13,14)9-4-1-6-5-7(19-11(15,16)17)2-3-8(6)18-9/h1-5,9H/t9-/m0/s1. The highest BCUT2D eigenvalue weighted by atomic mass is 32.2. The van der Waals surface area contributed by atoms with Crippen LogP contribution in [0.25, 0.3) is 6.08 Å². The molecule has 0 fully saturated rings. The van der Waals surface area contributed by atoms with Crippen molar-refractivity contribution in [3.05, 3.63) is 29.8 Å². The Morgan fingerprint density at radius 2 is 1.74 bits per heavy atom. The average molecular weight is 316 g/mol. The summed E-state index contributed by atoms with van der Waals surface area (Å²) in [6.45, 7) is 0. The van der Waals surface area contributed by atoms with Crippen molar-refractivity contribution in [2.45, 2.75) is 26.7 Å². The second-order valence-corrected chi connectivity index (χ2v) is 6.01. The van der Waals surface area contributed by atoms with Crippen molar-refractivity contribution in [3.8, 4) is 0 Å². The van der Waals surface area contributed by atoms with Crippen molar-refractivity contribution in [2.75, 3.05) is 0 Å². The zero-order chi connectivity index (χ0) is 14.3. The fourth-order valence-corrected chi connectivity index (χ4v) is 3.07. The highest BCUT2D eigenvalue weighted by Crippen LogP contribution is 2.44. The van der Waals surface area contributed by atoms with E-state index >= 15 is 0 Å². The first-order valence-corrected chi connectivity index (χ1v) is 6.66. The van der Waals surface area contributed by atoms with Gasteiger partial charge in [-0.05, 0) is 35.5 Å². The molecule has 1 aromatic carbocycles. The monoisotopic (exact) mass is 316 g/mol. The molecule has 0 aliphatic carbocycles. The maximum atomic E-state index is 12.5. The third kappa shape index (κ3) is 3.85. The van der Waals surface area contributed by atoms with Crippen molar-refractivity contribution in [1.29, 1.82) is 0 Å². The van der Waals surface area contributed by atoms with E-state index in [2.05, 4.69) is 0 Å². The molecule has 0 amide bonds. The Balaban J connectivity index is 2.22. The molecule has 19 heavy (non-hydrogen) atoms. The number of thioether (sulfide) groups is 2. The Bertz CT molecular complexity index is 503. The second kappa shape index (κ2) is 4.97. The molecule has 104 valence electrons. The largest absolute Gasteiger partial charge is 0.446 e. The summed E-state index contributed by atoms with van der Waals surface area (Å²) >= 11 is 0.303. The number of halogens is 6. The SMILES string of the molecule is FC(F)(F)Sc1ccc2c(c1)C=C[C@@H](C(F)(F)F)S2. The van der Waals surface area contributed by atoms with E-state index in [0.717, 1.165) is 6.08 Å². The molecule has 0 radical (unpaired) electrons. The van der Waals surface area contributed by atoms with Crippen LogP contribution in [0.1, 0.15) is 5.56 Å². The summed E-state index contributed by atoms with van der Waals surface area (Å²) in [6.07, 6.45) is -2.20. The fourth-order valence-electron chi connectivity index (χ4n) is 1.50. The van der Waals surface area contributed by atoms with Crippen molar-refractivity contribution >= 4 is 29.6 Å². The minimum Gasteiger partial charge on any atom is -0.169 e. The molecule has 1 heterocycles. The summed E-state index contributed by atoms with van der Waals surface area (Å²) in [6, 6.07) is 3.70. The van der Waals surface area contributed by atoms with Gasteiger partial charge in [0.25, 0.3) is 0 Å². The van der Waals surface area contributed by atoms with Crippen molar-refractivity contribution in [1.82, 2.24) is 0 Å². The van der Waals surface area contributed by atoms with Crippen LogP contribution >= 0.6 is 23.5 Å². The van der Waals surface area contributed by atoms with E-state index in [1.165, 1.54) is 24.3 Å². The highest BCUT2D eigenvalue weighted by Gasteiger charge is 2.40. The molecule has 0 N–H and O–H groups in total. The number of fused-ring (bicyclic) bond motifs is 1. The normalized spacial score (nSPS) is 19.4. The molecule has 0 saturated heterocycles. The van der Waals surface area contributed by atoms with E-state index in [1.54, 1.807) is 0 Å². The number of benzene rings is 1. The van der Waals surface area contributed by atoms with Crippen molar-refractivity contribution in [2.24, 2.45) is 0 Å². The smallest absolute Gasteiger partial charge is 0.169 e. The molecule has 1 aliphatic rings. The Labute approximate surface area is 113 Å². The zero-order valence-corrected chi connectivity index (χ0v) is 10.7. The quantitative estimate of drug-likeness (QED) is 0.506. The van der Waals surface area contributed by atoms with Gasteiger partial charge < -0.3 is 0 Å². The third-order valence-corrected chi connectivity index (χ3v) is 4.27. The predicted molar refractivity (Wildman–Crippen MR) is 63.1 cm³/mol. The van der Waals surface area contributed by atoms with Crippen LogP contribution in [0.5, 0.6) is 0 Å². The molecular formula is C11H6F6S2. The number of hydrogen-bond donors (Lipinski definition) is 0. The lowest BCUT2D eigenvalue weighted by atomic mass is 10.2. The first-order valence-electron chi connectivity index (χ1n) is 4.96. The molecule has 1 aliphatic heterocycles. The molecule has 0 saturated carbocycles. The van der Waals surface area contributed by atoms with Gasteiger partial charge >= 0.3 is 11.7 Å². The second-order valence-electron chi connectivity index (χ2n) is 3.69. The summed E-state index contributed by atoms with van der Waals surface area (Å²) in [5.41, 5.74) is -4.03. The lowest BCUT2D eigenvalue weighted by Gasteiger charge is -2.21. The Hall–Kier alpha value is -0.760. The van der Waals surface area contributed by atoms with Crippen LogP contribution in [0.2, 0.25) is 0 Å². The lowest BCUT2D eigenvalue weighted by Crippen LogP contribution is -2.24. The van der Waals surface area contributed by atoms with Gasteiger partial charge in [0.1, 0.15) is 5.25 Å². The van der Waals surface area contributed by atoms with Gasteiger partial charge in [-0.1, -0.05) is 12.2 Å². The van der Waals surface area contributed by atoms with E-state index in [0.29, 0.717) is 22.2 Å². The van der Waals surface area contributed by atoms with Crippen LogP contribution in [0.4, 0.5) is 26.3 Å². The molecular weight excluding hydrogens is 310 g/mol. The molecule has 0 unspecified atom stereocenters. The van der Waals surface area contributed by atoms with Gasteiger partial charge in [-0.25, -0.2) is 0 Å². The third-order valence-electron chi connectivity index (χ3n) is 2.24. The van der Waals surface area contributed by atoms with Gasteiger partial charge in [-0.2, -0.15) is 26.3 Å². The Morgan fingerprint density at radius 1 is 1.05 bits per heavy atom. The topological polar surface area (TPSA) is 0 Å². The summed E-state index contributed by atoms with van der Waals surface area (Å²) in [7, 11) is 0. The summed E-state index contributed by atoms with van der Waals surface area (Å²) in [5.74, 6) is 0. The average Bonchev–Trinajstić information content (AvgIpc) is 2.24. The summed E-state index contributed by atoms with van der Waals surface area (Å²) < 4.78 is 74.1. The minimum absolute atomic E-state index is 0.0399. The molecule has 1 atom stereocenters. The van der Waals surface area contributed by atoms with Crippen LogP contribution in [0, 0.1) is 0 Å². The lowest BCUT2D eigenvalue weighted by molar-refractivity contribution is -0.119. The van der Waals surface area contributed by atoms with Gasteiger partial charge in [0.05, 0.1) is 0 Å². The van der Waals surface area contributed by atoms with E-state index in [4.69, 9.17) is 0 Å². The Kier molecular flexibility index (Phi) is 3.83. The maximum Gasteiger partial charge on any atom is 0.446 e. The van der Waals surface area contributed by atoms with E-state index in [-0.39, 0.29) is 16.7 Å². The van der Waals surface area contributed by atoms with Gasteiger partial charge in [0.2, 0.25) is 0 Å². The fraction of sp³-hybridized carbons (Fsp3) is 0.273. The van der Waals surface area contributed by atoms with Gasteiger partial charge in [0.15, 0.2) is 0 Å². The predicted octanol–water partition coefficient (Wildman–Crippen LogP) is 5.35. The highest BCUT2D eigenvalue weighted by molar-refractivity contribution is 8.00. The van der Waals surface area contributed by atoms with E-state index in [1.807, 2.05) is 0 Å². The first-order chi connectivity index (χ1) is 8.65. The van der Waals surface area contributed by atoms with Crippen LogP contribution in [-0.4, -0.2) is 16.9 Å². The van der Waals surface area contributed by atoms with Crippen LogP contribution in [0.15, 0.2) is 34.1 Å². The van der Waals surface area contributed by atoms with Gasteiger partial charge in [-0.3, -0.25) is 0 Å². The molecule has 0 nitrogen and oxygen atoms in total. The van der Waals surface area contributed by atoms with Crippen LogP contribution < -0.4 is 0 Å². The molecule has 2 rings (SSSR count). The van der Waals surface area contributed by atoms with Crippen LogP contribution in [-0.2, 0) is 0 Å². The molecule has 0 bridgehead atoms. The van der Waals surface area contributed by atoms with Crippen molar-refractivity contribution < 1.29 is 26.3 Å². The van der Waals surface area contributed by atoms with E-state index in [9.17, 15) is 26.3 Å². The molecule has 1 aromatic rings. The minimum atomic E-state index is -4.41. The first kappa shape index (κ1) is 14.6. The molecule has 0 aromatic heterocycles. The maximum absolute atomic E-state index is 12.5. The van der Waals surface area contributed by atoms with Crippen LogP contribution in [0.3, 0.4) is 0 Å². The molecule has 8 heteroatoms. The number of rotatable bonds is 1. The number of alkyl halides is 6. The van der Waals surface area contributed by atoms with Gasteiger partial charge in [-0.15, -0.1) is 11.8 Å². The van der Waals surface area contributed by atoms with Gasteiger partial charge in [0, 0.05) is 9.79 Å².